The van der Waals surface area contributed by atoms with E-state index in [1.807, 2.05) is 69.0 Å². The van der Waals surface area contributed by atoms with Gasteiger partial charge in [0.05, 0.1) is 10.8 Å². The van der Waals surface area contributed by atoms with E-state index in [2.05, 4.69) is 37.9 Å². The highest BCUT2D eigenvalue weighted by Crippen LogP contribution is 2.43. The van der Waals surface area contributed by atoms with Crippen molar-refractivity contribution in [1.82, 2.24) is 15.1 Å². The van der Waals surface area contributed by atoms with Crippen molar-refractivity contribution in [1.29, 1.82) is 0 Å². The third-order valence-corrected chi connectivity index (χ3v) is 12.8. The molecule has 4 aliphatic rings. The van der Waals surface area contributed by atoms with E-state index >= 15 is 0 Å². The molecule has 2 fully saturated rings. The van der Waals surface area contributed by atoms with Gasteiger partial charge in [-0.15, -0.1) is 0 Å². The van der Waals surface area contributed by atoms with E-state index in [0.29, 0.717) is 49.8 Å². The van der Waals surface area contributed by atoms with E-state index in [9.17, 15) is 24.0 Å². The lowest BCUT2D eigenvalue weighted by Crippen LogP contribution is -2.45. The van der Waals surface area contributed by atoms with Crippen LogP contribution in [0.2, 0.25) is 0 Å². The van der Waals surface area contributed by atoms with E-state index in [1.165, 1.54) is 38.5 Å². The molecule has 0 bridgehead atoms. The van der Waals surface area contributed by atoms with Crippen molar-refractivity contribution < 1.29 is 24.0 Å². The molecule has 2 aliphatic carbocycles. The average Bonchev–Trinajstić information content (AvgIpc) is 3.51. The molecule has 0 unspecified atom stereocenters. The van der Waals surface area contributed by atoms with Crippen molar-refractivity contribution in [3.05, 3.63) is 58.7 Å². The van der Waals surface area contributed by atoms with E-state index in [4.69, 9.17) is 5.73 Å². The monoisotopic (exact) mass is 799 g/mol. The number of benzene rings is 2. The first-order valence-electron chi connectivity index (χ1n) is 22.0. The SMILES string of the molecule is CC(C)N(C(=O)c1ccc2c(c1)N(CCN)C(=O)C2(C)C)C1CCCCC1.CCC(=O)NCCN1C(=O)C(C)(C)c2ccc(C(=O)N(C(C)C)C3CCCCC3)cc21. The number of nitrogens with zero attached hydrogens (tertiary/aromatic N) is 4. The third kappa shape index (κ3) is 9.14. The number of carbonyl (C=O) groups excluding carboxylic acids is 5. The zero-order valence-corrected chi connectivity index (χ0v) is 36.8. The Hall–Kier alpha value is -4.25. The van der Waals surface area contributed by atoms with Crippen molar-refractivity contribution in [2.45, 2.75) is 168 Å². The highest BCUT2D eigenvalue weighted by molar-refractivity contribution is 6.10. The second-order valence-electron chi connectivity index (χ2n) is 18.3. The fourth-order valence-corrected chi connectivity index (χ4v) is 9.62. The number of anilines is 2. The Morgan fingerprint density at radius 2 is 1.09 bits per heavy atom. The summed E-state index contributed by atoms with van der Waals surface area (Å²) < 4.78 is 0. The van der Waals surface area contributed by atoms with Crippen LogP contribution < -0.4 is 20.9 Å². The minimum atomic E-state index is -0.646. The molecular weight excluding hydrogens is 729 g/mol. The summed E-state index contributed by atoms with van der Waals surface area (Å²) in [7, 11) is 0. The summed E-state index contributed by atoms with van der Waals surface area (Å²) in [5.74, 6) is 0.146. The van der Waals surface area contributed by atoms with Gasteiger partial charge in [-0.05, 0) is 116 Å². The van der Waals surface area contributed by atoms with Crippen LogP contribution >= 0.6 is 0 Å². The highest BCUT2D eigenvalue weighted by Gasteiger charge is 2.45. The van der Waals surface area contributed by atoms with Gasteiger partial charge in [-0.25, -0.2) is 0 Å². The molecule has 11 heteroatoms. The van der Waals surface area contributed by atoms with Gasteiger partial charge in [-0.2, -0.15) is 0 Å². The van der Waals surface area contributed by atoms with Crippen LogP contribution in [0.4, 0.5) is 11.4 Å². The number of fused-ring (bicyclic) bond motifs is 2. The quantitative estimate of drug-likeness (QED) is 0.229. The predicted octanol–water partition coefficient (Wildman–Crippen LogP) is 7.47. The molecule has 6 rings (SSSR count). The van der Waals surface area contributed by atoms with Gasteiger partial charge in [0.15, 0.2) is 0 Å². The van der Waals surface area contributed by atoms with Crippen molar-refractivity contribution >= 4 is 40.9 Å². The second-order valence-corrected chi connectivity index (χ2v) is 18.3. The number of rotatable bonds is 12. The van der Waals surface area contributed by atoms with Crippen LogP contribution in [-0.2, 0) is 25.2 Å². The molecule has 0 spiro atoms. The average molecular weight is 799 g/mol. The highest BCUT2D eigenvalue weighted by atomic mass is 16.2. The Morgan fingerprint density at radius 3 is 1.45 bits per heavy atom. The summed E-state index contributed by atoms with van der Waals surface area (Å²) in [5.41, 5.74) is 9.35. The zero-order valence-electron chi connectivity index (χ0n) is 36.8. The number of carbonyl (C=O) groups is 5. The molecule has 2 heterocycles. The first-order valence-corrected chi connectivity index (χ1v) is 22.0. The van der Waals surface area contributed by atoms with Crippen molar-refractivity contribution in [2.24, 2.45) is 5.73 Å². The van der Waals surface area contributed by atoms with Crippen LogP contribution in [0.3, 0.4) is 0 Å². The molecule has 11 nitrogen and oxygen atoms in total. The molecule has 2 aliphatic heterocycles. The lowest BCUT2D eigenvalue weighted by molar-refractivity contribution is -0.123. The zero-order chi connectivity index (χ0) is 42.5. The minimum absolute atomic E-state index is 0.00541. The van der Waals surface area contributed by atoms with E-state index < -0.39 is 10.8 Å². The third-order valence-electron chi connectivity index (χ3n) is 12.8. The topological polar surface area (TPSA) is 136 Å². The fourth-order valence-electron chi connectivity index (χ4n) is 9.62. The van der Waals surface area contributed by atoms with Crippen molar-refractivity contribution in [3.63, 3.8) is 0 Å². The minimum Gasteiger partial charge on any atom is -0.354 e. The van der Waals surface area contributed by atoms with Gasteiger partial charge in [-0.1, -0.05) is 57.6 Å². The first-order chi connectivity index (χ1) is 27.5. The first kappa shape index (κ1) is 44.8. The van der Waals surface area contributed by atoms with Gasteiger partial charge >= 0.3 is 0 Å². The summed E-state index contributed by atoms with van der Waals surface area (Å²) >= 11 is 0. The molecule has 318 valence electrons. The van der Waals surface area contributed by atoms with Crippen LogP contribution in [-0.4, -0.2) is 89.7 Å². The largest absolute Gasteiger partial charge is 0.354 e. The Balaban J connectivity index is 0.000000223. The number of hydrogen-bond donors (Lipinski definition) is 2. The van der Waals surface area contributed by atoms with Crippen molar-refractivity contribution in [2.75, 3.05) is 36.0 Å². The summed E-state index contributed by atoms with van der Waals surface area (Å²) in [5, 5.41) is 2.84. The summed E-state index contributed by atoms with van der Waals surface area (Å²) in [6.07, 6.45) is 11.9. The van der Waals surface area contributed by atoms with Gasteiger partial charge in [0.1, 0.15) is 0 Å². The van der Waals surface area contributed by atoms with Gasteiger partial charge in [0.2, 0.25) is 17.7 Å². The summed E-state index contributed by atoms with van der Waals surface area (Å²) in [4.78, 5) is 72.0. The number of hydrogen-bond acceptors (Lipinski definition) is 6. The maximum absolute atomic E-state index is 13.5. The number of nitrogens with two attached hydrogens (primary N) is 1. The van der Waals surface area contributed by atoms with Gasteiger partial charge in [0, 0.05) is 79.3 Å². The Bertz CT molecular complexity index is 1820. The van der Waals surface area contributed by atoms with Crippen LogP contribution in [0, 0.1) is 0 Å². The van der Waals surface area contributed by atoms with Crippen LogP contribution in [0.25, 0.3) is 0 Å². The molecule has 58 heavy (non-hydrogen) atoms. The molecule has 5 amide bonds. The van der Waals surface area contributed by atoms with E-state index in [1.54, 1.807) is 16.7 Å². The van der Waals surface area contributed by atoms with Crippen LogP contribution in [0.15, 0.2) is 36.4 Å². The molecule has 0 aromatic heterocycles. The fraction of sp³-hybridized carbons (Fsp3) is 0.638. The molecule has 3 N–H and O–H groups in total. The van der Waals surface area contributed by atoms with E-state index in [0.717, 1.165) is 48.2 Å². The second kappa shape index (κ2) is 18.8. The van der Waals surface area contributed by atoms with Gasteiger partial charge in [0.25, 0.3) is 11.8 Å². The Labute approximate surface area is 347 Å². The summed E-state index contributed by atoms with van der Waals surface area (Å²) in [6, 6.07) is 12.3. The standard InChI is InChI=1S/C25H37N3O3.C22H33N3O2/c1-6-22(29)26-14-15-27-21-16-18(12-13-20(21)25(4,5)24(27)31)23(30)28(17(2)3)19-10-8-7-9-11-19;1-15(2)25(17-8-6-5-7-9-17)20(26)16-10-11-18-19(14-16)24(13-12-23)21(27)22(18,3)4/h12-13,16-17,19H,6-11,14-15H2,1-5H3,(H,26,29);10-11,14-15,17H,5-9,12-13,23H2,1-4H3. The molecule has 2 aromatic rings. The molecule has 0 atom stereocenters. The predicted molar refractivity (Wildman–Crippen MR) is 232 cm³/mol. The number of nitrogens with one attached hydrogen (secondary N) is 1. The van der Waals surface area contributed by atoms with Gasteiger partial charge < -0.3 is 30.7 Å². The number of amides is 5. The Morgan fingerprint density at radius 1 is 0.690 bits per heavy atom. The molecule has 2 aromatic carbocycles. The Kier molecular flexibility index (Phi) is 14.5. The normalized spacial score (nSPS) is 18.8. The maximum Gasteiger partial charge on any atom is 0.254 e. The van der Waals surface area contributed by atoms with E-state index in [-0.39, 0.29) is 47.7 Å². The van der Waals surface area contributed by atoms with Crippen molar-refractivity contribution in [3.8, 4) is 0 Å². The maximum atomic E-state index is 13.5. The lowest BCUT2D eigenvalue weighted by Gasteiger charge is -2.37. The molecule has 2 saturated carbocycles. The van der Waals surface area contributed by atoms with Gasteiger partial charge in [-0.3, -0.25) is 24.0 Å². The summed E-state index contributed by atoms with van der Waals surface area (Å²) in [6.45, 7) is 19.5. The van der Waals surface area contributed by atoms with Crippen LogP contribution in [0.1, 0.15) is 165 Å². The van der Waals surface area contributed by atoms with Crippen LogP contribution in [0.5, 0.6) is 0 Å². The smallest absolute Gasteiger partial charge is 0.254 e. The molecule has 0 radical (unpaired) electrons. The molecule has 0 saturated heterocycles. The molecular formula is C47H70N6O5. The lowest BCUT2D eigenvalue weighted by atomic mass is 9.85.